The standard InChI is InChI=1S/C8H15N3O/c1-11-5-7(12)10-8(11)3-2-4-9-6-8/h9H,2-6H2,1H3,(H,10,12). The molecule has 2 aliphatic rings. The molecule has 2 aliphatic heterocycles. The van der Waals surface area contributed by atoms with Gasteiger partial charge in [-0.1, -0.05) is 0 Å². The first kappa shape index (κ1) is 8.01. The molecule has 0 saturated carbocycles. The van der Waals surface area contributed by atoms with Gasteiger partial charge in [-0.2, -0.15) is 0 Å². The second kappa shape index (κ2) is 2.71. The Morgan fingerprint density at radius 2 is 2.42 bits per heavy atom. The zero-order valence-electron chi connectivity index (χ0n) is 7.39. The van der Waals surface area contributed by atoms with Crippen LogP contribution < -0.4 is 10.6 Å². The first-order valence-corrected chi connectivity index (χ1v) is 4.46. The van der Waals surface area contributed by atoms with E-state index in [1.165, 1.54) is 0 Å². The third-order valence-electron chi connectivity index (χ3n) is 2.84. The second-order valence-corrected chi connectivity index (χ2v) is 3.72. The molecule has 0 aromatic carbocycles. The van der Waals surface area contributed by atoms with Crippen molar-refractivity contribution in [2.45, 2.75) is 18.5 Å². The number of piperidine rings is 1. The van der Waals surface area contributed by atoms with Crippen LogP contribution in [0.5, 0.6) is 0 Å². The Hall–Kier alpha value is -0.610. The summed E-state index contributed by atoms with van der Waals surface area (Å²) in [4.78, 5) is 13.3. The van der Waals surface area contributed by atoms with E-state index in [0.717, 1.165) is 25.9 Å². The van der Waals surface area contributed by atoms with Gasteiger partial charge in [-0.05, 0) is 26.4 Å². The van der Waals surface area contributed by atoms with E-state index in [1.54, 1.807) is 0 Å². The molecule has 1 unspecified atom stereocenters. The number of amides is 1. The Kier molecular flexibility index (Phi) is 1.81. The van der Waals surface area contributed by atoms with Crippen LogP contribution in [0.3, 0.4) is 0 Å². The normalized spacial score (nSPS) is 37.2. The maximum Gasteiger partial charge on any atom is 0.235 e. The summed E-state index contributed by atoms with van der Waals surface area (Å²) in [6.45, 7) is 2.50. The lowest BCUT2D eigenvalue weighted by Gasteiger charge is -2.38. The molecule has 1 atom stereocenters. The number of hydrogen-bond donors (Lipinski definition) is 2. The number of hydrogen-bond acceptors (Lipinski definition) is 3. The molecular weight excluding hydrogens is 154 g/mol. The van der Waals surface area contributed by atoms with Crippen molar-refractivity contribution in [3.8, 4) is 0 Å². The SMILES string of the molecule is CN1CC(=O)NC12CCCNC2. The highest BCUT2D eigenvalue weighted by Crippen LogP contribution is 2.23. The summed E-state index contributed by atoms with van der Waals surface area (Å²) in [6, 6.07) is 0. The van der Waals surface area contributed by atoms with Crippen molar-refractivity contribution in [2.75, 3.05) is 26.7 Å². The second-order valence-electron chi connectivity index (χ2n) is 3.72. The van der Waals surface area contributed by atoms with Crippen LogP contribution in [0.15, 0.2) is 0 Å². The molecule has 0 aromatic heterocycles. The van der Waals surface area contributed by atoms with Crippen molar-refractivity contribution >= 4 is 5.91 Å². The van der Waals surface area contributed by atoms with Gasteiger partial charge >= 0.3 is 0 Å². The van der Waals surface area contributed by atoms with Crippen molar-refractivity contribution in [1.82, 2.24) is 15.5 Å². The van der Waals surface area contributed by atoms with Crippen LogP contribution in [-0.2, 0) is 4.79 Å². The van der Waals surface area contributed by atoms with Gasteiger partial charge in [0.05, 0.1) is 6.54 Å². The molecule has 2 rings (SSSR count). The van der Waals surface area contributed by atoms with Crippen LogP contribution in [0.1, 0.15) is 12.8 Å². The van der Waals surface area contributed by atoms with Gasteiger partial charge in [0.2, 0.25) is 5.91 Å². The lowest BCUT2D eigenvalue weighted by atomic mass is 10.00. The zero-order chi connectivity index (χ0) is 8.60. The van der Waals surface area contributed by atoms with Crippen molar-refractivity contribution in [3.05, 3.63) is 0 Å². The first-order chi connectivity index (χ1) is 5.73. The lowest BCUT2D eigenvalue weighted by molar-refractivity contribution is -0.119. The summed E-state index contributed by atoms with van der Waals surface area (Å²) in [7, 11) is 2.00. The highest BCUT2D eigenvalue weighted by Gasteiger charge is 2.42. The van der Waals surface area contributed by atoms with Gasteiger partial charge in [-0.25, -0.2) is 0 Å². The largest absolute Gasteiger partial charge is 0.336 e. The highest BCUT2D eigenvalue weighted by molar-refractivity contribution is 5.81. The summed E-state index contributed by atoms with van der Waals surface area (Å²) in [6.07, 6.45) is 2.22. The van der Waals surface area contributed by atoms with Gasteiger partial charge in [0.15, 0.2) is 0 Å². The summed E-state index contributed by atoms with van der Waals surface area (Å²) in [5.74, 6) is 0.154. The van der Waals surface area contributed by atoms with E-state index in [1.807, 2.05) is 7.05 Å². The van der Waals surface area contributed by atoms with E-state index in [0.29, 0.717) is 6.54 Å². The van der Waals surface area contributed by atoms with Gasteiger partial charge in [0, 0.05) is 6.54 Å². The number of nitrogens with one attached hydrogen (secondary N) is 2. The fraction of sp³-hybridized carbons (Fsp3) is 0.875. The molecule has 1 spiro atoms. The molecule has 68 valence electrons. The van der Waals surface area contributed by atoms with Gasteiger partial charge in [-0.15, -0.1) is 0 Å². The van der Waals surface area contributed by atoms with Crippen LogP contribution in [0.25, 0.3) is 0 Å². The van der Waals surface area contributed by atoms with E-state index >= 15 is 0 Å². The molecule has 2 saturated heterocycles. The quantitative estimate of drug-likeness (QED) is 0.495. The Morgan fingerprint density at radius 1 is 1.58 bits per heavy atom. The van der Waals surface area contributed by atoms with Crippen molar-refractivity contribution in [2.24, 2.45) is 0 Å². The van der Waals surface area contributed by atoms with Gasteiger partial charge in [0.25, 0.3) is 0 Å². The van der Waals surface area contributed by atoms with E-state index < -0.39 is 0 Å². The van der Waals surface area contributed by atoms with Crippen LogP contribution in [-0.4, -0.2) is 43.2 Å². The third kappa shape index (κ3) is 1.11. The van der Waals surface area contributed by atoms with E-state index in [2.05, 4.69) is 15.5 Å². The van der Waals surface area contributed by atoms with Crippen molar-refractivity contribution in [3.63, 3.8) is 0 Å². The zero-order valence-corrected chi connectivity index (χ0v) is 7.39. The summed E-state index contributed by atoms with van der Waals surface area (Å²) in [5, 5.41) is 6.36. The minimum Gasteiger partial charge on any atom is -0.336 e. The monoisotopic (exact) mass is 169 g/mol. The Bertz CT molecular complexity index is 198. The molecule has 4 nitrogen and oxygen atoms in total. The number of carbonyl (C=O) groups excluding carboxylic acids is 1. The van der Waals surface area contributed by atoms with Crippen LogP contribution >= 0.6 is 0 Å². The van der Waals surface area contributed by atoms with Gasteiger partial charge in [-0.3, -0.25) is 9.69 Å². The molecule has 0 aromatic rings. The maximum atomic E-state index is 11.1. The lowest BCUT2D eigenvalue weighted by Crippen LogP contribution is -2.59. The molecule has 4 heteroatoms. The molecule has 0 aliphatic carbocycles. The Labute approximate surface area is 72.3 Å². The van der Waals surface area contributed by atoms with E-state index in [4.69, 9.17) is 0 Å². The molecular formula is C8H15N3O. The number of carbonyl (C=O) groups is 1. The Morgan fingerprint density at radius 3 is 2.92 bits per heavy atom. The predicted octanol–water partition coefficient (Wildman–Crippen LogP) is -0.872. The molecule has 2 N–H and O–H groups in total. The van der Waals surface area contributed by atoms with Crippen molar-refractivity contribution in [1.29, 1.82) is 0 Å². The van der Waals surface area contributed by atoms with Crippen LogP contribution in [0.2, 0.25) is 0 Å². The van der Waals surface area contributed by atoms with Gasteiger partial charge in [0.1, 0.15) is 5.66 Å². The fourth-order valence-electron chi connectivity index (χ4n) is 2.08. The summed E-state index contributed by atoms with van der Waals surface area (Å²) < 4.78 is 0. The molecule has 2 heterocycles. The minimum atomic E-state index is -0.0741. The molecule has 1 amide bonds. The smallest absolute Gasteiger partial charge is 0.235 e. The predicted molar refractivity (Wildman–Crippen MR) is 45.6 cm³/mol. The molecule has 0 radical (unpaired) electrons. The number of likely N-dealkylation sites (N-methyl/N-ethyl adjacent to an activating group) is 1. The summed E-state index contributed by atoms with van der Waals surface area (Å²) >= 11 is 0. The highest BCUT2D eigenvalue weighted by atomic mass is 16.2. The molecule has 0 bridgehead atoms. The summed E-state index contributed by atoms with van der Waals surface area (Å²) in [5.41, 5.74) is -0.0741. The first-order valence-electron chi connectivity index (χ1n) is 4.46. The number of nitrogens with zero attached hydrogens (tertiary/aromatic N) is 1. The van der Waals surface area contributed by atoms with Crippen LogP contribution in [0.4, 0.5) is 0 Å². The molecule has 2 fully saturated rings. The number of rotatable bonds is 0. The van der Waals surface area contributed by atoms with E-state index in [-0.39, 0.29) is 11.6 Å². The molecule has 12 heavy (non-hydrogen) atoms. The Balaban J connectivity index is 2.13. The third-order valence-corrected chi connectivity index (χ3v) is 2.84. The average Bonchev–Trinajstić information content (AvgIpc) is 2.29. The van der Waals surface area contributed by atoms with Crippen LogP contribution in [0, 0.1) is 0 Å². The minimum absolute atomic E-state index is 0.0741. The maximum absolute atomic E-state index is 11.1. The topological polar surface area (TPSA) is 44.4 Å². The van der Waals surface area contributed by atoms with Gasteiger partial charge < -0.3 is 10.6 Å². The fourth-order valence-corrected chi connectivity index (χ4v) is 2.08. The van der Waals surface area contributed by atoms with E-state index in [9.17, 15) is 4.79 Å². The average molecular weight is 169 g/mol. The van der Waals surface area contributed by atoms with Crippen molar-refractivity contribution < 1.29 is 4.79 Å².